The molecule has 0 bridgehead atoms. The number of piperidine rings is 1. The Morgan fingerprint density at radius 3 is 2.88 bits per heavy atom. The van der Waals surface area contributed by atoms with Crippen LogP contribution in [0.5, 0.6) is 5.75 Å². The summed E-state index contributed by atoms with van der Waals surface area (Å²) in [7, 11) is 0. The first kappa shape index (κ1) is 21.8. The Balaban J connectivity index is 1.56. The van der Waals surface area contributed by atoms with E-state index >= 15 is 0 Å². The first-order valence-corrected chi connectivity index (χ1v) is 11.9. The zero-order valence-electron chi connectivity index (χ0n) is 17.8. The molecule has 172 valence electrons. The molecule has 0 unspecified atom stereocenters. The average Bonchev–Trinajstić information content (AvgIpc) is 3.27. The second kappa shape index (κ2) is 8.42. The lowest BCUT2D eigenvalue weighted by Gasteiger charge is -2.48. The molecule has 1 fully saturated rings. The number of halogens is 2. The summed E-state index contributed by atoms with van der Waals surface area (Å²) in [5.74, 6) is -1.48. The van der Waals surface area contributed by atoms with E-state index in [-0.39, 0.29) is 34.8 Å². The lowest BCUT2D eigenvalue weighted by Crippen LogP contribution is -2.62. The standard InChI is InChI=1S/C22H21ClFN5O3S/c1-2-27-16-8-3-4-9-28(16)29-11-13(19(30)20(31)18(29)22(27)32)21-26-25-15(33-21)10-12-6-5-7-14(23)17(12)24/h5-7,11,16,31H,2-4,8-10H2,1H3/t16-/m1/s1. The molecule has 0 radical (unpaired) electrons. The normalized spacial score (nSPS) is 17.8. The maximum atomic E-state index is 14.3. The molecule has 8 nitrogen and oxygen atoms in total. The molecule has 0 saturated carbocycles. The van der Waals surface area contributed by atoms with Gasteiger partial charge in [0.25, 0.3) is 5.91 Å². The number of hydrogen-bond donors (Lipinski definition) is 1. The highest BCUT2D eigenvalue weighted by molar-refractivity contribution is 7.14. The van der Waals surface area contributed by atoms with Crippen molar-refractivity contribution in [1.29, 1.82) is 0 Å². The third-order valence-corrected chi connectivity index (χ3v) is 7.37. The topological polar surface area (TPSA) is 91.6 Å². The van der Waals surface area contributed by atoms with E-state index in [0.717, 1.165) is 30.6 Å². The number of fused-ring (bicyclic) bond motifs is 3. The molecular formula is C22H21ClFN5O3S. The number of aromatic nitrogens is 3. The molecule has 1 atom stereocenters. The van der Waals surface area contributed by atoms with Crippen LogP contribution in [-0.2, 0) is 6.42 Å². The number of hydrogen-bond acceptors (Lipinski definition) is 7. The average molecular weight is 490 g/mol. The van der Waals surface area contributed by atoms with Crippen molar-refractivity contribution < 1.29 is 14.3 Å². The SMILES string of the molecule is CCN1C(=O)c2c(O)c(=O)c(-c3nnc(Cc4cccc(Cl)c4F)s3)cn2N2CCCC[C@H]12. The predicted molar refractivity (Wildman–Crippen MR) is 123 cm³/mol. The molecule has 2 aliphatic heterocycles. The molecule has 3 aromatic rings. The summed E-state index contributed by atoms with van der Waals surface area (Å²) in [6.45, 7) is 3.06. The van der Waals surface area contributed by atoms with Crippen molar-refractivity contribution in [3.8, 4) is 16.3 Å². The van der Waals surface area contributed by atoms with Gasteiger partial charge in [0.15, 0.2) is 16.5 Å². The van der Waals surface area contributed by atoms with E-state index in [9.17, 15) is 19.1 Å². The first-order chi connectivity index (χ1) is 15.9. The molecule has 0 spiro atoms. The Labute approximate surface area is 197 Å². The number of rotatable bonds is 4. The molecule has 11 heteroatoms. The van der Waals surface area contributed by atoms with Crippen molar-refractivity contribution in [3.05, 3.63) is 61.7 Å². The maximum absolute atomic E-state index is 14.3. The summed E-state index contributed by atoms with van der Waals surface area (Å²) in [6.07, 6.45) is 4.35. The van der Waals surface area contributed by atoms with Crippen LogP contribution < -0.4 is 10.4 Å². The molecule has 4 heterocycles. The van der Waals surface area contributed by atoms with Gasteiger partial charge in [0.2, 0.25) is 5.43 Å². The quantitative estimate of drug-likeness (QED) is 0.604. The smallest absolute Gasteiger partial charge is 0.278 e. The molecule has 1 N–H and O–H groups in total. The molecule has 2 aromatic heterocycles. The summed E-state index contributed by atoms with van der Waals surface area (Å²) < 4.78 is 15.9. The van der Waals surface area contributed by atoms with Gasteiger partial charge in [0, 0.05) is 25.7 Å². The van der Waals surface area contributed by atoms with Gasteiger partial charge < -0.3 is 10.0 Å². The number of benzene rings is 1. The van der Waals surface area contributed by atoms with Crippen molar-refractivity contribution in [2.75, 3.05) is 18.1 Å². The lowest BCUT2D eigenvalue weighted by molar-refractivity contribution is 0.0536. The van der Waals surface area contributed by atoms with Crippen LogP contribution in [0.4, 0.5) is 4.39 Å². The number of nitrogens with zero attached hydrogens (tertiary/aromatic N) is 5. The Bertz CT molecular complexity index is 1310. The molecule has 5 rings (SSSR count). The van der Waals surface area contributed by atoms with Crippen molar-refractivity contribution in [3.63, 3.8) is 0 Å². The number of aromatic hydroxyl groups is 1. The van der Waals surface area contributed by atoms with Crippen molar-refractivity contribution in [2.45, 2.75) is 38.8 Å². The van der Waals surface area contributed by atoms with E-state index < -0.39 is 17.0 Å². The summed E-state index contributed by atoms with van der Waals surface area (Å²) >= 11 is 6.99. The van der Waals surface area contributed by atoms with Gasteiger partial charge in [-0.3, -0.25) is 19.3 Å². The fourth-order valence-electron chi connectivity index (χ4n) is 4.52. The van der Waals surface area contributed by atoms with E-state index in [0.29, 0.717) is 28.7 Å². The zero-order chi connectivity index (χ0) is 23.3. The van der Waals surface area contributed by atoms with E-state index in [2.05, 4.69) is 10.2 Å². The lowest BCUT2D eigenvalue weighted by atomic mass is 10.1. The summed E-state index contributed by atoms with van der Waals surface area (Å²) in [6, 6.07) is 4.74. The first-order valence-electron chi connectivity index (χ1n) is 10.7. The van der Waals surface area contributed by atoms with Crippen LogP contribution in [-0.4, -0.2) is 50.0 Å². The molecule has 33 heavy (non-hydrogen) atoms. The van der Waals surface area contributed by atoms with Gasteiger partial charge in [-0.25, -0.2) is 4.39 Å². The van der Waals surface area contributed by atoms with Crippen LogP contribution in [0.1, 0.15) is 47.2 Å². The van der Waals surface area contributed by atoms with Crippen molar-refractivity contribution in [1.82, 2.24) is 19.8 Å². The highest BCUT2D eigenvalue weighted by Gasteiger charge is 2.40. The minimum atomic E-state index is -0.683. The van der Waals surface area contributed by atoms with Crippen molar-refractivity contribution in [2.24, 2.45) is 0 Å². The molecule has 0 aliphatic carbocycles. The molecule has 1 saturated heterocycles. The minimum absolute atomic E-state index is 0.0250. The van der Waals surface area contributed by atoms with Crippen LogP contribution in [0.3, 0.4) is 0 Å². The highest BCUT2D eigenvalue weighted by atomic mass is 35.5. The summed E-state index contributed by atoms with van der Waals surface area (Å²) in [5.41, 5.74) is -0.197. The second-order valence-electron chi connectivity index (χ2n) is 8.03. The fraction of sp³-hybridized carbons (Fsp3) is 0.364. The van der Waals surface area contributed by atoms with Gasteiger partial charge in [-0.2, -0.15) is 0 Å². The molecule has 1 aromatic carbocycles. The van der Waals surface area contributed by atoms with Gasteiger partial charge in [-0.1, -0.05) is 35.1 Å². The van der Waals surface area contributed by atoms with Gasteiger partial charge in [-0.15, -0.1) is 10.2 Å². The van der Waals surface area contributed by atoms with Crippen LogP contribution in [0.15, 0.2) is 29.2 Å². The van der Waals surface area contributed by atoms with Crippen LogP contribution in [0.25, 0.3) is 10.6 Å². The third-order valence-electron chi connectivity index (χ3n) is 6.12. The van der Waals surface area contributed by atoms with Crippen molar-refractivity contribution >= 4 is 28.8 Å². The molecule has 1 amide bonds. The van der Waals surface area contributed by atoms with E-state index in [1.165, 1.54) is 6.07 Å². The summed E-state index contributed by atoms with van der Waals surface area (Å²) in [4.78, 5) is 27.8. The number of amides is 1. The largest absolute Gasteiger partial charge is 0.502 e. The Hall–Kier alpha value is -2.98. The fourth-order valence-corrected chi connectivity index (χ4v) is 5.58. The van der Waals surface area contributed by atoms with Crippen LogP contribution in [0.2, 0.25) is 5.02 Å². The summed E-state index contributed by atoms with van der Waals surface area (Å²) in [5, 5.41) is 21.8. The third kappa shape index (κ3) is 3.57. The monoisotopic (exact) mass is 489 g/mol. The Kier molecular flexibility index (Phi) is 5.57. The van der Waals surface area contributed by atoms with Gasteiger partial charge in [0.1, 0.15) is 17.0 Å². The Morgan fingerprint density at radius 1 is 1.27 bits per heavy atom. The predicted octanol–water partition coefficient (Wildman–Crippen LogP) is 3.38. The molecule has 2 aliphatic rings. The van der Waals surface area contributed by atoms with Gasteiger partial charge >= 0.3 is 0 Å². The Morgan fingerprint density at radius 2 is 2.09 bits per heavy atom. The molecular weight excluding hydrogens is 469 g/mol. The highest BCUT2D eigenvalue weighted by Crippen LogP contribution is 2.32. The number of pyridine rings is 1. The zero-order valence-corrected chi connectivity index (χ0v) is 19.4. The van der Waals surface area contributed by atoms with E-state index in [1.807, 2.05) is 11.9 Å². The van der Waals surface area contributed by atoms with Gasteiger partial charge in [0.05, 0.1) is 10.6 Å². The van der Waals surface area contributed by atoms with Crippen LogP contribution in [0, 0.1) is 5.82 Å². The van der Waals surface area contributed by atoms with Gasteiger partial charge in [-0.05, 0) is 37.8 Å². The van der Waals surface area contributed by atoms with E-state index in [1.54, 1.807) is 27.9 Å². The number of carbonyl (C=O) groups is 1. The maximum Gasteiger partial charge on any atom is 0.278 e. The number of carbonyl (C=O) groups excluding carboxylic acids is 1. The second-order valence-corrected chi connectivity index (χ2v) is 9.50. The minimum Gasteiger partial charge on any atom is -0.502 e. The van der Waals surface area contributed by atoms with E-state index in [4.69, 9.17) is 11.6 Å². The van der Waals surface area contributed by atoms with Crippen LogP contribution >= 0.6 is 22.9 Å².